The second kappa shape index (κ2) is 5.74. The summed E-state index contributed by atoms with van der Waals surface area (Å²) in [6.45, 7) is 1.54. The normalized spacial score (nSPS) is 10.7. The third-order valence-electron chi connectivity index (χ3n) is 2.39. The predicted octanol–water partition coefficient (Wildman–Crippen LogP) is -0.717. The van der Waals surface area contributed by atoms with Gasteiger partial charge in [-0.05, 0) is 18.1 Å². The number of carbonyl (C=O) groups excluding carboxylic acids is 1. The molecule has 102 valence electrons. The number of rotatable bonds is 4. The van der Waals surface area contributed by atoms with Crippen LogP contribution in [0, 0.1) is 6.92 Å². The van der Waals surface area contributed by atoms with Gasteiger partial charge >= 0.3 is 0 Å². The van der Waals surface area contributed by atoms with Crippen LogP contribution in [0.4, 0.5) is 5.95 Å². The number of hydrogen-bond acceptors (Lipinski definition) is 7. The minimum Gasteiger partial charge on any atom is -0.545 e. The summed E-state index contributed by atoms with van der Waals surface area (Å²) < 4.78 is 0. The number of H-pyrrole nitrogens is 1. The zero-order valence-electron chi connectivity index (χ0n) is 10.5. The molecule has 1 aromatic carbocycles. The maximum Gasteiger partial charge on any atom is 0.274 e. The topological polar surface area (TPSA) is 123 Å². The second-order valence-corrected chi connectivity index (χ2v) is 3.87. The average Bonchev–Trinajstić information content (AvgIpc) is 2.43. The molecule has 8 nitrogen and oxygen atoms in total. The van der Waals surface area contributed by atoms with Crippen molar-refractivity contribution in [3.63, 3.8) is 0 Å². The molecule has 0 aliphatic carbocycles. The lowest BCUT2D eigenvalue weighted by Gasteiger charge is -2.01. The number of carbonyl (C=O) groups is 1. The molecule has 0 radical (unpaired) electrons. The summed E-state index contributed by atoms with van der Waals surface area (Å²) in [7, 11) is 0. The summed E-state index contributed by atoms with van der Waals surface area (Å²) in [6.07, 6.45) is 1.44. The molecule has 0 aliphatic heterocycles. The molecule has 0 atom stereocenters. The van der Waals surface area contributed by atoms with Crippen molar-refractivity contribution in [3.05, 3.63) is 51.4 Å². The van der Waals surface area contributed by atoms with Crippen molar-refractivity contribution < 1.29 is 9.90 Å². The van der Waals surface area contributed by atoms with Crippen LogP contribution >= 0.6 is 0 Å². The van der Waals surface area contributed by atoms with Gasteiger partial charge in [0.25, 0.3) is 5.56 Å². The largest absolute Gasteiger partial charge is 0.545 e. The Balaban J connectivity index is 2.04. The molecular formula is C12H10N5O3-. The highest BCUT2D eigenvalue weighted by molar-refractivity contribution is 5.87. The van der Waals surface area contributed by atoms with E-state index in [2.05, 4.69) is 25.7 Å². The lowest BCUT2D eigenvalue weighted by Crippen LogP contribution is -2.21. The number of anilines is 1. The van der Waals surface area contributed by atoms with Gasteiger partial charge in [0, 0.05) is 0 Å². The predicted molar refractivity (Wildman–Crippen MR) is 69.4 cm³/mol. The molecule has 2 N–H and O–H groups in total. The first kappa shape index (κ1) is 13.4. The lowest BCUT2D eigenvalue weighted by molar-refractivity contribution is -0.255. The molecule has 8 heteroatoms. The van der Waals surface area contributed by atoms with Crippen molar-refractivity contribution in [2.45, 2.75) is 6.92 Å². The SMILES string of the molecule is Cc1nnc(N/N=C\c2ccc(C(=O)[O-])cc2)[nH]c1=O. The van der Waals surface area contributed by atoms with E-state index in [1.807, 2.05) is 0 Å². The Morgan fingerprint density at radius 1 is 1.35 bits per heavy atom. The van der Waals surface area contributed by atoms with Gasteiger partial charge in [-0.1, -0.05) is 24.3 Å². The highest BCUT2D eigenvalue weighted by Gasteiger charge is 1.97. The van der Waals surface area contributed by atoms with Crippen molar-refractivity contribution in [2.24, 2.45) is 5.10 Å². The van der Waals surface area contributed by atoms with Crippen molar-refractivity contribution in [2.75, 3.05) is 5.43 Å². The molecule has 2 aromatic rings. The van der Waals surface area contributed by atoms with Crippen LogP contribution in [0.15, 0.2) is 34.2 Å². The minimum absolute atomic E-state index is 0.0869. The fourth-order valence-electron chi connectivity index (χ4n) is 1.32. The van der Waals surface area contributed by atoms with E-state index in [1.165, 1.54) is 25.3 Å². The molecule has 0 bridgehead atoms. The number of carboxylic acid groups (broad SMARTS) is 1. The van der Waals surface area contributed by atoms with Crippen molar-refractivity contribution in [3.8, 4) is 0 Å². The van der Waals surface area contributed by atoms with Crippen molar-refractivity contribution >= 4 is 18.1 Å². The van der Waals surface area contributed by atoms with Gasteiger partial charge in [0.1, 0.15) is 5.69 Å². The quantitative estimate of drug-likeness (QED) is 0.559. The van der Waals surface area contributed by atoms with Crippen molar-refractivity contribution in [1.82, 2.24) is 15.2 Å². The van der Waals surface area contributed by atoms with E-state index in [4.69, 9.17) is 0 Å². The van der Waals surface area contributed by atoms with Gasteiger partial charge in [0.15, 0.2) is 0 Å². The van der Waals surface area contributed by atoms with Gasteiger partial charge in [0.2, 0.25) is 5.95 Å². The number of nitrogens with zero attached hydrogens (tertiary/aromatic N) is 3. The summed E-state index contributed by atoms with van der Waals surface area (Å²) in [5.41, 5.74) is 3.18. The van der Waals surface area contributed by atoms with Crippen LogP contribution < -0.4 is 16.1 Å². The van der Waals surface area contributed by atoms with Crippen LogP contribution in [-0.2, 0) is 0 Å². The van der Waals surface area contributed by atoms with E-state index in [1.54, 1.807) is 12.1 Å². The average molecular weight is 272 g/mol. The fourth-order valence-corrected chi connectivity index (χ4v) is 1.32. The first-order chi connectivity index (χ1) is 9.56. The zero-order valence-corrected chi connectivity index (χ0v) is 10.5. The number of hydrogen-bond donors (Lipinski definition) is 2. The smallest absolute Gasteiger partial charge is 0.274 e. The third-order valence-corrected chi connectivity index (χ3v) is 2.39. The standard InChI is InChI=1S/C12H11N5O3/c1-7-10(18)14-12(17-15-7)16-13-6-8-2-4-9(5-3-8)11(19)20/h2-6H,1H3,(H,19,20)(H2,14,16,17,18)/p-1/b13-6-. The second-order valence-electron chi connectivity index (χ2n) is 3.87. The molecular weight excluding hydrogens is 262 g/mol. The summed E-state index contributed by atoms with van der Waals surface area (Å²) in [5, 5.41) is 21.7. The highest BCUT2D eigenvalue weighted by atomic mass is 16.4. The number of aromatic carboxylic acids is 1. The molecule has 1 aromatic heterocycles. The highest BCUT2D eigenvalue weighted by Crippen LogP contribution is 2.01. The number of aryl methyl sites for hydroxylation is 1. The Hall–Kier alpha value is -3.03. The van der Waals surface area contributed by atoms with E-state index in [-0.39, 0.29) is 22.8 Å². The molecule has 0 spiro atoms. The maximum absolute atomic E-state index is 11.3. The molecule has 1 heterocycles. The van der Waals surface area contributed by atoms with Gasteiger partial charge in [-0.25, -0.2) is 5.43 Å². The fraction of sp³-hybridized carbons (Fsp3) is 0.0833. The molecule has 0 amide bonds. The number of aromatic amines is 1. The van der Waals surface area contributed by atoms with Gasteiger partial charge in [-0.3, -0.25) is 9.78 Å². The van der Waals surface area contributed by atoms with Gasteiger partial charge in [0.05, 0.1) is 12.2 Å². The Morgan fingerprint density at radius 2 is 2.05 bits per heavy atom. The number of benzene rings is 1. The molecule has 0 saturated carbocycles. The molecule has 20 heavy (non-hydrogen) atoms. The molecule has 0 fully saturated rings. The first-order valence-corrected chi connectivity index (χ1v) is 5.60. The number of aromatic nitrogens is 3. The Bertz CT molecular complexity index is 706. The molecule has 2 rings (SSSR count). The first-order valence-electron chi connectivity index (χ1n) is 5.60. The molecule has 0 aliphatic rings. The summed E-state index contributed by atoms with van der Waals surface area (Å²) in [6, 6.07) is 5.95. The lowest BCUT2D eigenvalue weighted by atomic mass is 10.1. The number of nitrogens with one attached hydrogen (secondary N) is 2. The summed E-state index contributed by atoms with van der Waals surface area (Å²) in [5.74, 6) is -1.12. The summed E-state index contributed by atoms with van der Waals surface area (Å²) in [4.78, 5) is 24.3. The van der Waals surface area contributed by atoms with Crippen LogP contribution in [0.25, 0.3) is 0 Å². The Morgan fingerprint density at radius 3 is 2.65 bits per heavy atom. The van der Waals surface area contributed by atoms with Crippen molar-refractivity contribution in [1.29, 1.82) is 0 Å². The minimum atomic E-state index is -1.24. The van der Waals surface area contributed by atoms with E-state index >= 15 is 0 Å². The van der Waals surface area contributed by atoms with Crippen LogP contribution in [0.5, 0.6) is 0 Å². The monoisotopic (exact) mass is 272 g/mol. The van der Waals surface area contributed by atoms with Gasteiger partial charge < -0.3 is 9.90 Å². The summed E-state index contributed by atoms with van der Waals surface area (Å²) >= 11 is 0. The third kappa shape index (κ3) is 3.25. The molecule has 0 saturated heterocycles. The molecule has 0 unspecified atom stereocenters. The van der Waals surface area contributed by atoms with E-state index in [9.17, 15) is 14.7 Å². The maximum atomic E-state index is 11.3. The van der Waals surface area contributed by atoms with E-state index < -0.39 is 5.97 Å². The number of carboxylic acids is 1. The van der Waals surface area contributed by atoms with Crippen LogP contribution in [0.2, 0.25) is 0 Å². The van der Waals surface area contributed by atoms with Crippen LogP contribution in [0.3, 0.4) is 0 Å². The number of hydrazone groups is 1. The van der Waals surface area contributed by atoms with E-state index in [0.717, 1.165) is 0 Å². The van der Waals surface area contributed by atoms with Crippen LogP contribution in [0.1, 0.15) is 21.6 Å². The Kier molecular flexibility index (Phi) is 3.85. The Labute approximate surface area is 113 Å². The zero-order chi connectivity index (χ0) is 14.5. The van der Waals surface area contributed by atoms with Gasteiger partial charge in [-0.2, -0.15) is 5.10 Å². The van der Waals surface area contributed by atoms with Crippen LogP contribution in [-0.4, -0.2) is 27.4 Å². The van der Waals surface area contributed by atoms with Gasteiger partial charge in [-0.15, -0.1) is 10.2 Å². The van der Waals surface area contributed by atoms with E-state index in [0.29, 0.717) is 5.56 Å².